The molecule has 2 rings (SSSR count). The normalized spacial score (nSPS) is 23.1. The van der Waals surface area contributed by atoms with Crippen molar-refractivity contribution < 1.29 is 4.74 Å². The first kappa shape index (κ1) is 14.3. The zero-order chi connectivity index (χ0) is 13.8. The molecule has 0 heterocycles. The summed E-state index contributed by atoms with van der Waals surface area (Å²) >= 11 is 5.14. The van der Waals surface area contributed by atoms with Gasteiger partial charge in [-0.05, 0) is 37.8 Å². The molecular formula is C15H22N2OS. The molecule has 0 radical (unpaired) electrons. The molecule has 2 N–H and O–H groups in total. The number of rotatable bonds is 4. The van der Waals surface area contributed by atoms with Crippen LogP contribution in [0.4, 0.5) is 5.69 Å². The van der Waals surface area contributed by atoms with E-state index in [1.807, 2.05) is 18.2 Å². The molecule has 0 saturated heterocycles. The Kier molecular flexibility index (Phi) is 4.77. The summed E-state index contributed by atoms with van der Waals surface area (Å²) in [4.78, 5) is 2.77. The number of ether oxygens (including phenoxy) is 1. The SMILES string of the molecule is COC1CCCC(N(C)c2ccccc2C(N)=S)C1. The molecule has 0 spiro atoms. The van der Waals surface area contributed by atoms with Crippen molar-refractivity contribution in [3.63, 3.8) is 0 Å². The molecule has 0 bridgehead atoms. The maximum absolute atomic E-state index is 5.82. The van der Waals surface area contributed by atoms with E-state index in [0.717, 1.165) is 24.1 Å². The van der Waals surface area contributed by atoms with Gasteiger partial charge in [0, 0.05) is 31.5 Å². The summed E-state index contributed by atoms with van der Waals surface area (Å²) in [5.74, 6) is 0. The third-order valence-electron chi connectivity index (χ3n) is 4.03. The lowest BCUT2D eigenvalue weighted by Gasteiger charge is -2.37. The van der Waals surface area contributed by atoms with E-state index < -0.39 is 0 Å². The van der Waals surface area contributed by atoms with Crippen molar-refractivity contribution in [1.29, 1.82) is 0 Å². The minimum absolute atomic E-state index is 0.373. The van der Waals surface area contributed by atoms with Crippen LogP contribution in [0.1, 0.15) is 31.2 Å². The van der Waals surface area contributed by atoms with Crippen molar-refractivity contribution in [1.82, 2.24) is 0 Å². The molecule has 1 aliphatic carbocycles. The molecule has 2 unspecified atom stereocenters. The molecule has 4 heteroatoms. The molecule has 0 amide bonds. The lowest BCUT2D eigenvalue weighted by molar-refractivity contribution is 0.0637. The van der Waals surface area contributed by atoms with Gasteiger partial charge < -0.3 is 15.4 Å². The number of thiocarbonyl (C=S) groups is 1. The number of nitrogens with two attached hydrogens (primary N) is 1. The third kappa shape index (κ3) is 3.25. The summed E-state index contributed by atoms with van der Waals surface area (Å²) in [5, 5.41) is 0. The highest BCUT2D eigenvalue weighted by molar-refractivity contribution is 7.80. The maximum Gasteiger partial charge on any atom is 0.106 e. The van der Waals surface area contributed by atoms with Gasteiger partial charge in [0.15, 0.2) is 0 Å². The Bertz CT molecular complexity index is 450. The lowest BCUT2D eigenvalue weighted by Crippen LogP contribution is -2.39. The Labute approximate surface area is 120 Å². The standard InChI is InChI=1S/C15H22N2OS/c1-17(11-6-5-7-12(10-11)18-2)14-9-4-3-8-13(14)15(16)19/h3-4,8-9,11-12H,5-7,10H2,1-2H3,(H2,16,19). The first-order chi connectivity index (χ1) is 9.13. The van der Waals surface area contributed by atoms with Crippen LogP contribution in [-0.2, 0) is 4.74 Å². The van der Waals surface area contributed by atoms with Gasteiger partial charge in [0.1, 0.15) is 4.99 Å². The van der Waals surface area contributed by atoms with Crippen molar-refractivity contribution in [3.05, 3.63) is 29.8 Å². The average Bonchev–Trinajstić information content (AvgIpc) is 2.46. The fourth-order valence-corrected chi connectivity index (χ4v) is 3.05. The van der Waals surface area contributed by atoms with Crippen LogP contribution in [-0.4, -0.2) is 31.3 Å². The van der Waals surface area contributed by atoms with Crippen LogP contribution in [0.2, 0.25) is 0 Å². The molecule has 2 atom stereocenters. The van der Waals surface area contributed by atoms with Crippen molar-refractivity contribution in [2.75, 3.05) is 19.1 Å². The second-order valence-corrected chi connectivity index (χ2v) is 5.61. The van der Waals surface area contributed by atoms with Gasteiger partial charge in [-0.1, -0.05) is 24.4 Å². The molecule has 0 aromatic heterocycles. The fourth-order valence-electron chi connectivity index (χ4n) is 2.87. The lowest BCUT2D eigenvalue weighted by atomic mass is 9.91. The number of para-hydroxylation sites is 1. The van der Waals surface area contributed by atoms with E-state index in [4.69, 9.17) is 22.7 Å². The molecule has 1 saturated carbocycles. The van der Waals surface area contributed by atoms with Gasteiger partial charge in [0.25, 0.3) is 0 Å². The summed E-state index contributed by atoms with van der Waals surface area (Å²) in [6.45, 7) is 0. The highest BCUT2D eigenvalue weighted by Gasteiger charge is 2.26. The Morgan fingerprint density at radius 1 is 1.37 bits per heavy atom. The monoisotopic (exact) mass is 278 g/mol. The Balaban J connectivity index is 2.19. The van der Waals surface area contributed by atoms with Gasteiger partial charge in [-0.15, -0.1) is 0 Å². The largest absolute Gasteiger partial charge is 0.389 e. The van der Waals surface area contributed by atoms with Crippen molar-refractivity contribution in [2.45, 2.75) is 37.8 Å². The van der Waals surface area contributed by atoms with E-state index in [0.29, 0.717) is 17.1 Å². The minimum Gasteiger partial charge on any atom is -0.389 e. The summed E-state index contributed by atoms with van der Waals surface area (Å²) in [7, 11) is 3.93. The zero-order valence-electron chi connectivity index (χ0n) is 11.6. The molecule has 1 aromatic rings. The summed E-state index contributed by atoms with van der Waals surface area (Å²) in [5.41, 5.74) is 7.90. The van der Waals surface area contributed by atoms with E-state index in [9.17, 15) is 0 Å². The number of hydrogen-bond donors (Lipinski definition) is 1. The first-order valence-corrected chi connectivity index (χ1v) is 7.18. The van der Waals surface area contributed by atoms with Gasteiger partial charge in [-0.3, -0.25) is 0 Å². The van der Waals surface area contributed by atoms with E-state index in [-0.39, 0.29) is 0 Å². The van der Waals surface area contributed by atoms with Gasteiger partial charge >= 0.3 is 0 Å². The Morgan fingerprint density at radius 3 is 2.79 bits per heavy atom. The van der Waals surface area contributed by atoms with Crippen LogP contribution < -0.4 is 10.6 Å². The van der Waals surface area contributed by atoms with E-state index in [2.05, 4.69) is 18.0 Å². The fraction of sp³-hybridized carbons (Fsp3) is 0.533. The quantitative estimate of drug-likeness (QED) is 0.860. The van der Waals surface area contributed by atoms with Crippen LogP contribution in [0.25, 0.3) is 0 Å². The van der Waals surface area contributed by atoms with Gasteiger partial charge in [-0.25, -0.2) is 0 Å². The topological polar surface area (TPSA) is 38.5 Å². The van der Waals surface area contributed by atoms with Gasteiger partial charge in [0.05, 0.1) is 6.10 Å². The Morgan fingerprint density at radius 2 is 2.11 bits per heavy atom. The Hall–Kier alpha value is -1.13. The van der Waals surface area contributed by atoms with Crippen LogP contribution in [0.3, 0.4) is 0 Å². The number of nitrogens with zero attached hydrogens (tertiary/aromatic N) is 1. The summed E-state index contributed by atoms with van der Waals surface area (Å²) < 4.78 is 5.51. The van der Waals surface area contributed by atoms with E-state index in [1.54, 1.807) is 7.11 Å². The van der Waals surface area contributed by atoms with Gasteiger partial charge in [-0.2, -0.15) is 0 Å². The predicted octanol–water partition coefficient (Wildman–Crippen LogP) is 2.71. The average molecular weight is 278 g/mol. The number of benzene rings is 1. The maximum atomic E-state index is 5.82. The van der Waals surface area contributed by atoms with Crippen LogP contribution >= 0.6 is 12.2 Å². The number of anilines is 1. The van der Waals surface area contributed by atoms with Crippen molar-refractivity contribution >= 4 is 22.9 Å². The zero-order valence-corrected chi connectivity index (χ0v) is 12.5. The molecule has 1 aliphatic rings. The molecule has 19 heavy (non-hydrogen) atoms. The predicted molar refractivity (Wildman–Crippen MR) is 83.8 cm³/mol. The van der Waals surface area contributed by atoms with Crippen LogP contribution in [0, 0.1) is 0 Å². The number of hydrogen-bond acceptors (Lipinski definition) is 3. The van der Waals surface area contributed by atoms with Crippen molar-refractivity contribution in [3.8, 4) is 0 Å². The smallest absolute Gasteiger partial charge is 0.106 e. The second-order valence-electron chi connectivity index (χ2n) is 5.17. The second kappa shape index (κ2) is 6.35. The highest BCUT2D eigenvalue weighted by atomic mass is 32.1. The van der Waals surface area contributed by atoms with E-state index >= 15 is 0 Å². The molecule has 1 fully saturated rings. The minimum atomic E-state index is 0.373. The van der Waals surface area contributed by atoms with Gasteiger partial charge in [0.2, 0.25) is 0 Å². The molecule has 1 aromatic carbocycles. The molecular weight excluding hydrogens is 256 g/mol. The number of methoxy groups -OCH3 is 1. The highest BCUT2D eigenvalue weighted by Crippen LogP contribution is 2.29. The molecule has 3 nitrogen and oxygen atoms in total. The van der Waals surface area contributed by atoms with Crippen LogP contribution in [0.5, 0.6) is 0 Å². The van der Waals surface area contributed by atoms with Crippen molar-refractivity contribution in [2.24, 2.45) is 5.73 Å². The van der Waals surface area contributed by atoms with Crippen LogP contribution in [0.15, 0.2) is 24.3 Å². The molecule has 0 aliphatic heterocycles. The third-order valence-corrected chi connectivity index (χ3v) is 4.25. The van der Waals surface area contributed by atoms with E-state index in [1.165, 1.54) is 12.8 Å². The summed E-state index contributed by atoms with van der Waals surface area (Å²) in [6, 6.07) is 8.58. The first-order valence-electron chi connectivity index (χ1n) is 6.78. The molecule has 104 valence electrons. The summed E-state index contributed by atoms with van der Waals surface area (Å²) in [6.07, 6.45) is 5.01.